The van der Waals surface area contributed by atoms with Crippen molar-refractivity contribution in [2.45, 2.75) is 45.6 Å². The van der Waals surface area contributed by atoms with E-state index in [1.165, 1.54) is 5.56 Å². The summed E-state index contributed by atoms with van der Waals surface area (Å²) in [6, 6.07) is 8.81. The van der Waals surface area contributed by atoms with Crippen LogP contribution in [-0.4, -0.2) is 32.9 Å². The van der Waals surface area contributed by atoms with Crippen LogP contribution in [0.5, 0.6) is 5.75 Å². The van der Waals surface area contributed by atoms with Gasteiger partial charge in [0.25, 0.3) is 0 Å². The van der Waals surface area contributed by atoms with Crippen molar-refractivity contribution in [2.75, 3.05) is 26.9 Å². The summed E-state index contributed by atoms with van der Waals surface area (Å²) in [6.07, 6.45) is 1.07. The number of rotatable bonds is 9. The first-order valence-electron chi connectivity index (χ1n) is 7.46. The monoisotopic (exact) mass is 279 g/mol. The molecule has 0 aromatic heterocycles. The predicted octanol–water partition coefficient (Wildman–Crippen LogP) is 3.38. The molecule has 0 bridgehead atoms. The summed E-state index contributed by atoms with van der Waals surface area (Å²) >= 11 is 0. The number of hydrogen-bond donors (Lipinski definition) is 1. The van der Waals surface area contributed by atoms with E-state index in [2.05, 4.69) is 45.1 Å². The second-order valence-electron chi connectivity index (χ2n) is 5.88. The van der Waals surface area contributed by atoms with Gasteiger partial charge in [0.1, 0.15) is 12.4 Å². The molecule has 1 atom stereocenters. The smallest absolute Gasteiger partial charge is 0.123 e. The Labute approximate surface area is 123 Å². The van der Waals surface area contributed by atoms with Crippen LogP contribution in [0.25, 0.3) is 0 Å². The van der Waals surface area contributed by atoms with E-state index in [9.17, 15) is 0 Å². The number of para-hydroxylation sites is 1. The fourth-order valence-electron chi connectivity index (χ4n) is 2.68. The van der Waals surface area contributed by atoms with Crippen LogP contribution in [0.2, 0.25) is 0 Å². The van der Waals surface area contributed by atoms with Crippen molar-refractivity contribution in [1.82, 2.24) is 5.32 Å². The van der Waals surface area contributed by atoms with Gasteiger partial charge in [0.15, 0.2) is 0 Å². The van der Waals surface area contributed by atoms with Crippen LogP contribution >= 0.6 is 0 Å². The van der Waals surface area contributed by atoms with Crippen LogP contribution in [0.15, 0.2) is 24.3 Å². The average molecular weight is 279 g/mol. The van der Waals surface area contributed by atoms with Gasteiger partial charge < -0.3 is 14.8 Å². The highest BCUT2D eigenvalue weighted by atomic mass is 16.5. The second-order valence-corrected chi connectivity index (χ2v) is 5.88. The number of nitrogens with one attached hydrogen (secondary N) is 1. The molecule has 0 saturated carbocycles. The maximum Gasteiger partial charge on any atom is 0.123 e. The molecule has 0 aliphatic heterocycles. The largest absolute Gasteiger partial charge is 0.491 e. The molecule has 0 fully saturated rings. The molecule has 1 rings (SSSR count). The Balaban J connectivity index is 2.81. The quantitative estimate of drug-likeness (QED) is 0.703. The molecule has 0 aliphatic rings. The predicted molar refractivity (Wildman–Crippen MR) is 84.6 cm³/mol. The fourth-order valence-corrected chi connectivity index (χ4v) is 2.68. The highest BCUT2D eigenvalue weighted by Gasteiger charge is 2.26. The molecule has 0 spiro atoms. The van der Waals surface area contributed by atoms with Gasteiger partial charge in [0, 0.05) is 13.2 Å². The zero-order chi connectivity index (χ0) is 15.0. The van der Waals surface area contributed by atoms with Crippen molar-refractivity contribution >= 4 is 0 Å². The molecular weight excluding hydrogens is 250 g/mol. The third-order valence-corrected chi connectivity index (χ3v) is 3.53. The van der Waals surface area contributed by atoms with E-state index in [4.69, 9.17) is 9.47 Å². The molecule has 114 valence electrons. The van der Waals surface area contributed by atoms with Crippen molar-refractivity contribution in [2.24, 2.45) is 0 Å². The van der Waals surface area contributed by atoms with E-state index in [1.54, 1.807) is 7.11 Å². The van der Waals surface area contributed by atoms with Crippen LogP contribution < -0.4 is 10.1 Å². The van der Waals surface area contributed by atoms with Crippen LogP contribution in [-0.2, 0) is 10.2 Å². The maximum atomic E-state index is 5.86. The van der Waals surface area contributed by atoms with Crippen LogP contribution in [0, 0.1) is 0 Å². The van der Waals surface area contributed by atoms with Crippen molar-refractivity contribution in [3.05, 3.63) is 29.8 Å². The molecule has 0 radical (unpaired) electrons. The molecule has 20 heavy (non-hydrogen) atoms. The topological polar surface area (TPSA) is 30.5 Å². The highest BCUT2D eigenvalue weighted by molar-refractivity contribution is 5.39. The molecule has 0 saturated heterocycles. The molecule has 1 N–H and O–H groups in total. The summed E-state index contributed by atoms with van der Waals surface area (Å²) in [5.41, 5.74) is 1.34. The first kappa shape index (κ1) is 17.0. The van der Waals surface area contributed by atoms with Gasteiger partial charge in [-0.05, 0) is 36.9 Å². The van der Waals surface area contributed by atoms with Crippen LogP contribution in [0.3, 0.4) is 0 Å². The van der Waals surface area contributed by atoms with Crippen LogP contribution in [0.1, 0.15) is 39.7 Å². The van der Waals surface area contributed by atoms with Gasteiger partial charge in [0.2, 0.25) is 0 Å². The highest BCUT2D eigenvalue weighted by Crippen LogP contribution is 2.35. The summed E-state index contributed by atoms with van der Waals surface area (Å²) in [4.78, 5) is 0. The van der Waals surface area contributed by atoms with Gasteiger partial charge >= 0.3 is 0 Å². The van der Waals surface area contributed by atoms with E-state index < -0.39 is 0 Å². The van der Waals surface area contributed by atoms with Crippen molar-refractivity contribution < 1.29 is 9.47 Å². The normalized spacial score (nSPS) is 13.2. The minimum Gasteiger partial charge on any atom is -0.491 e. The van der Waals surface area contributed by atoms with Gasteiger partial charge in [-0.15, -0.1) is 0 Å². The van der Waals surface area contributed by atoms with Gasteiger partial charge in [-0.3, -0.25) is 0 Å². The molecular formula is C17H29NO2. The fraction of sp³-hybridized carbons (Fsp3) is 0.647. The van der Waals surface area contributed by atoms with Crippen molar-refractivity contribution in [1.29, 1.82) is 0 Å². The van der Waals surface area contributed by atoms with E-state index in [1.807, 2.05) is 12.1 Å². The summed E-state index contributed by atoms with van der Waals surface area (Å²) in [5.74, 6) is 0.971. The lowest BCUT2D eigenvalue weighted by molar-refractivity contribution is 0.145. The Bertz CT molecular complexity index is 390. The first-order valence-corrected chi connectivity index (χ1v) is 7.46. The average Bonchev–Trinajstić information content (AvgIpc) is 2.39. The second kappa shape index (κ2) is 8.28. The molecule has 1 aromatic rings. The number of hydrogen-bond acceptors (Lipinski definition) is 3. The van der Waals surface area contributed by atoms with E-state index in [-0.39, 0.29) is 5.41 Å². The standard InChI is InChI=1S/C17H29NO2/c1-6-18-14(2)13-17(3,4)15-9-7-8-10-16(15)20-12-11-19-5/h7-10,14,18H,6,11-13H2,1-5H3. The Kier molecular flexibility index (Phi) is 7.03. The Morgan fingerprint density at radius 1 is 1.20 bits per heavy atom. The number of ether oxygens (including phenoxy) is 2. The van der Waals surface area contributed by atoms with Gasteiger partial charge in [-0.25, -0.2) is 0 Å². The molecule has 1 unspecified atom stereocenters. The number of benzene rings is 1. The number of methoxy groups -OCH3 is 1. The van der Waals surface area contributed by atoms with Crippen molar-refractivity contribution in [3.63, 3.8) is 0 Å². The van der Waals surface area contributed by atoms with Crippen molar-refractivity contribution in [3.8, 4) is 5.75 Å². The summed E-state index contributed by atoms with van der Waals surface area (Å²) in [6.45, 7) is 11.1. The lowest BCUT2D eigenvalue weighted by Gasteiger charge is -2.30. The SMILES string of the molecule is CCNC(C)CC(C)(C)c1ccccc1OCCOC. The zero-order valence-electron chi connectivity index (χ0n) is 13.5. The summed E-state index contributed by atoms with van der Waals surface area (Å²) in [7, 11) is 1.69. The molecule has 0 amide bonds. The zero-order valence-corrected chi connectivity index (χ0v) is 13.5. The van der Waals surface area contributed by atoms with Gasteiger partial charge in [-0.1, -0.05) is 39.0 Å². The third kappa shape index (κ3) is 5.14. The lowest BCUT2D eigenvalue weighted by Crippen LogP contribution is -2.33. The Morgan fingerprint density at radius 3 is 2.55 bits per heavy atom. The summed E-state index contributed by atoms with van der Waals surface area (Å²) in [5, 5.41) is 3.48. The Morgan fingerprint density at radius 2 is 1.90 bits per heavy atom. The molecule has 1 aromatic carbocycles. The molecule has 0 heterocycles. The van der Waals surface area contributed by atoms with E-state index in [0.29, 0.717) is 19.3 Å². The first-order chi connectivity index (χ1) is 9.51. The molecule has 3 heteroatoms. The molecule has 3 nitrogen and oxygen atoms in total. The minimum atomic E-state index is 0.0747. The Hall–Kier alpha value is -1.06. The summed E-state index contributed by atoms with van der Waals surface area (Å²) < 4.78 is 10.9. The van der Waals surface area contributed by atoms with E-state index in [0.717, 1.165) is 18.7 Å². The van der Waals surface area contributed by atoms with Crippen LogP contribution in [0.4, 0.5) is 0 Å². The lowest BCUT2D eigenvalue weighted by atomic mass is 9.79. The maximum absolute atomic E-state index is 5.86. The molecule has 0 aliphatic carbocycles. The third-order valence-electron chi connectivity index (χ3n) is 3.53. The minimum absolute atomic E-state index is 0.0747. The van der Waals surface area contributed by atoms with Gasteiger partial charge in [0.05, 0.1) is 6.61 Å². The van der Waals surface area contributed by atoms with E-state index >= 15 is 0 Å². The van der Waals surface area contributed by atoms with Gasteiger partial charge in [-0.2, -0.15) is 0 Å².